The van der Waals surface area contributed by atoms with Gasteiger partial charge in [0.2, 0.25) is 0 Å². The van der Waals surface area contributed by atoms with Gasteiger partial charge in [-0.15, -0.1) is 0 Å². The average molecular weight is 334 g/mol. The largest absolute Gasteiger partial charge is 0.494 e. The van der Waals surface area contributed by atoms with E-state index in [4.69, 9.17) is 19.9 Å². The Bertz CT molecular complexity index is 517. The van der Waals surface area contributed by atoms with Crippen LogP contribution in [0.3, 0.4) is 0 Å². The first-order valence-corrected chi connectivity index (χ1v) is 9.30. The molecule has 134 valence electrons. The molecular weight excluding hydrogens is 304 g/mol. The van der Waals surface area contributed by atoms with Crippen LogP contribution in [0.4, 0.5) is 11.4 Å². The van der Waals surface area contributed by atoms with Crippen molar-refractivity contribution in [3.05, 3.63) is 18.2 Å². The molecule has 1 aliphatic heterocycles. The second kappa shape index (κ2) is 8.58. The third kappa shape index (κ3) is 4.77. The van der Waals surface area contributed by atoms with Gasteiger partial charge in [-0.1, -0.05) is 0 Å². The first-order valence-electron chi connectivity index (χ1n) is 9.30. The predicted molar refractivity (Wildman–Crippen MR) is 96.4 cm³/mol. The smallest absolute Gasteiger partial charge is 0.157 e. The van der Waals surface area contributed by atoms with Crippen molar-refractivity contribution in [2.75, 3.05) is 24.3 Å². The van der Waals surface area contributed by atoms with Crippen molar-refractivity contribution in [1.29, 1.82) is 0 Å². The van der Waals surface area contributed by atoms with Crippen molar-refractivity contribution in [1.82, 2.24) is 0 Å². The molecule has 2 fully saturated rings. The van der Waals surface area contributed by atoms with Gasteiger partial charge in [-0.3, -0.25) is 0 Å². The van der Waals surface area contributed by atoms with E-state index in [0.29, 0.717) is 12.6 Å². The number of anilines is 2. The normalized spacial score (nSPS) is 27.6. The highest BCUT2D eigenvalue weighted by molar-refractivity contribution is 5.68. The van der Waals surface area contributed by atoms with Crippen molar-refractivity contribution in [3.8, 4) is 5.75 Å². The van der Waals surface area contributed by atoms with E-state index in [1.807, 2.05) is 25.1 Å². The summed E-state index contributed by atoms with van der Waals surface area (Å²) in [7, 11) is 0. The predicted octanol–water partition coefficient (Wildman–Crippen LogP) is 3.93. The SMILES string of the molecule is CCOc1ccc(N)c(NC2CCC[C@H](O[C@@H]3CCCCO3)C2)c1. The van der Waals surface area contributed by atoms with Crippen LogP contribution in [-0.4, -0.2) is 31.6 Å². The van der Waals surface area contributed by atoms with E-state index in [0.717, 1.165) is 55.8 Å². The fourth-order valence-electron chi connectivity index (χ4n) is 3.57. The summed E-state index contributed by atoms with van der Waals surface area (Å²) in [6.07, 6.45) is 8.08. The van der Waals surface area contributed by atoms with E-state index < -0.39 is 0 Å². The summed E-state index contributed by atoms with van der Waals surface area (Å²) in [6.45, 7) is 3.48. The Morgan fingerprint density at radius 1 is 1.21 bits per heavy atom. The van der Waals surface area contributed by atoms with Gasteiger partial charge < -0.3 is 25.3 Å². The highest BCUT2D eigenvalue weighted by Gasteiger charge is 2.26. The molecule has 1 saturated carbocycles. The minimum atomic E-state index is -0.00569. The Kier molecular flexibility index (Phi) is 6.21. The lowest BCUT2D eigenvalue weighted by Crippen LogP contribution is -2.35. The molecular formula is C19H30N2O3. The summed E-state index contributed by atoms with van der Waals surface area (Å²) < 4.78 is 17.5. The maximum absolute atomic E-state index is 6.17. The van der Waals surface area contributed by atoms with Gasteiger partial charge in [0.25, 0.3) is 0 Å². The van der Waals surface area contributed by atoms with Crippen LogP contribution < -0.4 is 15.8 Å². The molecule has 5 heteroatoms. The summed E-state index contributed by atoms with van der Waals surface area (Å²) in [6, 6.07) is 6.19. The Hall–Kier alpha value is -1.46. The maximum Gasteiger partial charge on any atom is 0.157 e. The first-order chi connectivity index (χ1) is 11.7. The van der Waals surface area contributed by atoms with E-state index in [2.05, 4.69) is 5.32 Å². The Balaban J connectivity index is 1.55. The van der Waals surface area contributed by atoms with E-state index in [1.54, 1.807) is 0 Å². The van der Waals surface area contributed by atoms with E-state index >= 15 is 0 Å². The minimum Gasteiger partial charge on any atom is -0.494 e. The lowest BCUT2D eigenvalue weighted by molar-refractivity contribution is -0.193. The van der Waals surface area contributed by atoms with Crippen molar-refractivity contribution < 1.29 is 14.2 Å². The molecule has 0 amide bonds. The third-order valence-corrected chi connectivity index (χ3v) is 4.80. The van der Waals surface area contributed by atoms with Crippen molar-refractivity contribution >= 4 is 11.4 Å². The summed E-state index contributed by atoms with van der Waals surface area (Å²) in [5.74, 6) is 0.855. The Morgan fingerprint density at radius 3 is 2.92 bits per heavy atom. The molecule has 3 rings (SSSR count). The molecule has 1 unspecified atom stereocenters. The molecule has 0 radical (unpaired) electrons. The second-order valence-electron chi connectivity index (χ2n) is 6.74. The standard InChI is InChI=1S/C19H30N2O3/c1-2-22-15-9-10-17(20)18(13-15)21-14-6-5-7-16(12-14)24-19-8-3-4-11-23-19/h9-10,13-14,16,19,21H,2-8,11-12,20H2,1H3/t14?,16-,19+/m0/s1. The van der Waals surface area contributed by atoms with Crippen LogP contribution in [0.15, 0.2) is 18.2 Å². The quantitative estimate of drug-likeness (QED) is 0.772. The van der Waals surface area contributed by atoms with Crippen LogP contribution in [0.2, 0.25) is 0 Å². The molecule has 24 heavy (non-hydrogen) atoms. The number of nitrogens with two attached hydrogens (primary N) is 1. The van der Waals surface area contributed by atoms with Crippen LogP contribution in [0.1, 0.15) is 51.9 Å². The topological polar surface area (TPSA) is 65.7 Å². The summed E-state index contributed by atoms with van der Waals surface area (Å²) in [5, 5.41) is 3.59. The zero-order chi connectivity index (χ0) is 16.8. The molecule has 1 aromatic rings. The number of benzene rings is 1. The number of nitrogens with one attached hydrogen (secondary N) is 1. The average Bonchev–Trinajstić information content (AvgIpc) is 2.59. The maximum atomic E-state index is 6.17. The van der Waals surface area contributed by atoms with E-state index in [-0.39, 0.29) is 12.4 Å². The van der Waals surface area contributed by atoms with Gasteiger partial charge in [0.15, 0.2) is 6.29 Å². The molecule has 1 aliphatic carbocycles. The fourth-order valence-corrected chi connectivity index (χ4v) is 3.57. The molecule has 0 aromatic heterocycles. The fraction of sp³-hybridized carbons (Fsp3) is 0.684. The zero-order valence-electron chi connectivity index (χ0n) is 14.6. The molecule has 3 atom stereocenters. The Labute approximate surface area is 144 Å². The van der Waals surface area contributed by atoms with Crippen molar-refractivity contribution in [2.45, 2.75) is 70.3 Å². The number of nitrogen functional groups attached to an aromatic ring is 1. The van der Waals surface area contributed by atoms with E-state index in [1.165, 1.54) is 12.8 Å². The minimum absolute atomic E-state index is 0.00569. The molecule has 0 bridgehead atoms. The second-order valence-corrected chi connectivity index (χ2v) is 6.74. The molecule has 3 N–H and O–H groups in total. The third-order valence-electron chi connectivity index (χ3n) is 4.80. The highest BCUT2D eigenvalue weighted by Crippen LogP contribution is 2.30. The number of hydrogen-bond donors (Lipinski definition) is 2. The number of rotatable bonds is 6. The van der Waals surface area contributed by atoms with Crippen LogP contribution in [0.5, 0.6) is 5.75 Å². The molecule has 1 saturated heterocycles. The monoisotopic (exact) mass is 334 g/mol. The van der Waals surface area contributed by atoms with Crippen molar-refractivity contribution in [3.63, 3.8) is 0 Å². The molecule has 1 heterocycles. The summed E-state index contributed by atoms with van der Waals surface area (Å²) >= 11 is 0. The van der Waals surface area contributed by atoms with Gasteiger partial charge in [0, 0.05) is 18.7 Å². The summed E-state index contributed by atoms with van der Waals surface area (Å²) in [4.78, 5) is 0. The van der Waals surface area contributed by atoms with Gasteiger partial charge in [-0.2, -0.15) is 0 Å². The molecule has 2 aliphatic rings. The van der Waals surface area contributed by atoms with Gasteiger partial charge in [0.05, 0.1) is 24.1 Å². The van der Waals surface area contributed by atoms with Gasteiger partial charge in [-0.25, -0.2) is 0 Å². The van der Waals surface area contributed by atoms with Crippen LogP contribution in [0, 0.1) is 0 Å². The Morgan fingerprint density at radius 2 is 2.12 bits per heavy atom. The molecule has 5 nitrogen and oxygen atoms in total. The number of ether oxygens (including phenoxy) is 3. The van der Waals surface area contributed by atoms with Gasteiger partial charge in [-0.05, 0) is 64.0 Å². The van der Waals surface area contributed by atoms with Crippen LogP contribution >= 0.6 is 0 Å². The zero-order valence-corrected chi connectivity index (χ0v) is 14.6. The lowest BCUT2D eigenvalue weighted by atomic mass is 9.92. The van der Waals surface area contributed by atoms with Crippen molar-refractivity contribution in [2.24, 2.45) is 0 Å². The van der Waals surface area contributed by atoms with Crippen LogP contribution in [-0.2, 0) is 9.47 Å². The first kappa shape index (κ1) is 17.4. The highest BCUT2D eigenvalue weighted by atomic mass is 16.7. The lowest BCUT2D eigenvalue weighted by Gasteiger charge is -2.34. The van der Waals surface area contributed by atoms with Crippen LogP contribution in [0.25, 0.3) is 0 Å². The van der Waals surface area contributed by atoms with E-state index in [9.17, 15) is 0 Å². The molecule has 1 aromatic carbocycles. The number of hydrogen-bond acceptors (Lipinski definition) is 5. The summed E-state index contributed by atoms with van der Waals surface area (Å²) in [5.41, 5.74) is 7.84. The van der Waals surface area contributed by atoms with Gasteiger partial charge in [0.1, 0.15) is 5.75 Å². The molecule has 0 spiro atoms. The van der Waals surface area contributed by atoms with Gasteiger partial charge >= 0.3 is 0 Å².